The fourth-order valence-electron chi connectivity index (χ4n) is 4.17. The van der Waals surface area contributed by atoms with Crippen molar-refractivity contribution < 1.29 is 9.53 Å². The molecule has 0 saturated heterocycles. The molecule has 3 aromatic carbocycles. The molecule has 0 aliphatic carbocycles. The van der Waals surface area contributed by atoms with Crippen molar-refractivity contribution in [1.82, 2.24) is 19.9 Å². The average Bonchev–Trinajstić information content (AvgIpc) is 2.93. The zero-order valence-corrected chi connectivity index (χ0v) is 22.4. The van der Waals surface area contributed by atoms with E-state index in [1.54, 1.807) is 29.4 Å². The number of nitrogens with one attached hydrogen (secondary N) is 1. The predicted octanol–water partition coefficient (Wildman–Crippen LogP) is 7.61. The zero-order valence-electron chi connectivity index (χ0n) is 20.8. The Balaban J connectivity index is 1.39. The van der Waals surface area contributed by atoms with Gasteiger partial charge >= 0.3 is 6.09 Å². The molecular formula is C30H26BrN5O2. The molecule has 1 N–H and O–H groups in total. The van der Waals surface area contributed by atoms with Crippen LogP contribution in [0.3, 0.4) is 0 Å². The van der Waals surface area contributed by atoms with Crippen LogP contribution in [0.5, 0.6) is 5.88 Å². The second-order valence-corrected chi connectivity index (χ2v) is 9.55. The van der Waals surface area contributed by atoms with Gasteiger partial charge < -0.3 is 15.0 Å². The van der Waals surface area contributed by atoms with E-state index in [0.717, 1.165) is 45.5 Å². The molecule has 0 radical (unpaired) electrons. The number of amides is 1. The highest BCUT2D eigenvalue weighted by molar-refractivity contribution is 9.10. The predicted molar refractivity (Wildman–Crippen MR) is 153 cm³/mol. The van der Waals surface area contributed by atoms with Gasteiger partial charge in [-0.3, -0.25) is 0 Å². The second kappa shape index (κ2) is 11.8. The monoisotopic (exact) mass is 567 g/mol. The number of para-hydroxylation sites is 1. The molecule has 0 fully saturated rings. The van der Waals surface area contributed by atoms with Gasteiger partial charge in [0.25, 0.3) is 0 Å². The minimum Gasteiger partial charge on any atom is -0.391 e. The lowest BCUT2D eigenvalue weighted by atomic mass is 10.0. The van der Waals surface area contributed by atoms with Gasteiger partial charge in [-0.25, -0.2) is 19.7 Å². The maximum atomic E-state index is 12.9. The standard InChI is InChI=1S/C30H26BrN5O2/c1-2-16-36(30(37)38-28-13-7-12-27(31)35-28)19-21-8-6-9-22(17-21)23-14-15-26-25(18-23)29(33-20-32-26)34-24-10-4-3-5-11-24/h3-15,17-18,20H,2,16,19H2,1H3,(H,32,33,34). The highest BCUT2D eigenvalue weighted by Gasteiger charge is 2.17. The molecule has 190 valence electrons. The fraction of sp³-hybridized carbons (Fsp3) is 0.133. The van der Waals surface area contributed by atoms with Gasteiger partial charge in [0.1, 0.15) is 16.7 Å². The van der Waals surface area contributed by atoms with Gasteiger partial charge in [-0.15, -0.1) is 0 Å². The number of aromatic nitrogens is 3. The van der Waals surface area contributed by atoms with Crippen molar-refractivity contribution in [3.63, 3.8) is 0 Å². The van der Waals surface area contributed by atoms with E-state index in [9.17, 15) is 4.79 Å². The van der Waals surface area contributed by atoms with Gasteiger partial charge in [-0.1, -0.05) is 55.5 Å². The summed E-state index contributed by atoms with van der Waals surface area (Å²) in [6, 6.07) is 29.5. The van der Waals surface area contributed by atoms with Crippen molar-refractivity contribution in [2.75, 3.05) is 11.9 Å². The van der Waals surface area contributed by atoms with Gasteiger partial charge in [0.05, 0.1) is 5.52 Å². The molecule has 5 rings (SSSR count). The number of carbonyl (C=O) groups excluding carboxylic acids is 1. The third kappa shape index (κ3) is 6.15. The first-order chi connectivity index (χ1) is 18.6. The molecule has 0 aliphatic heterocycles. The Bertz CT molecular complexity index is 1560. The summed E-state index contributed by atoms with van der Waals surface area (Å²) in [6.07, 6.45) is 1.95. The van der Waals surface area contributed by atoms with E-state index in [-0.39, 0.29) is 5.88 Å². The molecule has 7 nitrogen and oxygen atoms in total. The Morgan fingerprint density at radius 2 is 1.74 bits per heavy atom. The summed E-state index contributed by atoms with van der Waals surface area (Å²) in [4.78, 5) is 27.8. The van der Waals surface area contributed by atoms with Crippen LogP contribution < -0.4 is 10.1 Å². The molecule has 0 spiro atoms. The third-order valence-corrected chi connectivity index (χ3v) is 6.38. The first-order valence-electron chi connectivity index (χ1n) is 12.3. The number of nitrogens with zero attached hydrogens (tertiary/aromatic N) is 4. The van der Waals surface area contributed by atoms with E-state index in [4.69, 9.17) is 4.74 Å². The lowest BCUT2D eigenvalue weighted by Crippen LogP contribution is -2.34. The summed E-state index contributed by atoms with van der Waals surface area (Å²) in [5, 5.41) is 4.32. The van der Waals surface area contributed by atoms with Crippen LogP contribution in [0.4, 0.5) is 16.3 Å². The summed E-state index contributed by atoms with van der Waals surface area (Å²) in [5.41, 5.74) is 4.89. The van der Waals surface area contributed by atoms with E-state index in [1.165, 1.54) is 0 Å². The summed E-state index contributed by atoms with van der Waals surface area (Å²) in [5.74, 6) is 1.01. The van der Waals surface area contributed by atoms with Crippen LogP contribution in [-0.2, 0) is 6.54 Å². The van der Waals surface area contributed by atoms with Crippen LogP contribution >= 0.6 is 15.9 Å². The molecule has 0 unspecified atom stereocenters. The number of halogens is 1. The van der Waals surface area contributed by atoms with Gasteiger partial charge in [-0.05, 0) is 75.4 Å². The maximum Gasteiger partial charge on any atom is 0.416 e. The Kier molecular flexibility index (Phi) is 7.89. The quantitative estimate of drug-likeness (QED) is 0.194. The van der Waals surface area contributed by atoms with Crippen molar-refractivity contribution in [3.8, 4) is 17.0 Å². The largest absolute Gasteiger partial charge is 0.416 e. The summed E-state index contributed by atoms with van der Waals surface area (Å²) in [7, 11) is 0. The second-order valence-electron chi connectivity index (χ2n) is 8.73. The van der Waals surface area contributed by atoms with Gasteiger partial charge in [0.2, 0.25) is 5.88 Å². The molecule has 8 heteroatoms. The van der Waals surface area contributed by atoms with Crippen LogP contribution in [0.2, 0.25) is 0 Å². The van der Waals surface area contributed by atoms with E-state index in [0.29, 0.717) is 17.7 Å². The van der Waals surface area contributed by atoms with Crippen LogP contribution in [0.25, 0.3) is 22.0 Å². The fourth-order valence-corrected chi connectivity index (χ4v) is 4.50. The number of rotatable bonds is 8. The van der Waals surface area contributed by atoms with Crippen LogP contribution in [0.15, 0.2) is 102 Å². The average molecular weight is 568 g/mol. The lowest BCUT2D eigenvalue weighted by Gasteiger charge is -2.21. The first-order valence-corrected chi connectivity index (χ1v) is 13.1. The number of ether oxygens (including phenoxy) is 1. The van der Waals surface area contributed by atoms with E-state index < -0.39 is 6.09 Å². The molecule has 0 bridgehead atoms. The molecular weight excluding hydrogens is 542 g/mol. The zero-order chi connectivity index (χ0) is 26.3. The summed E-state index contributed by atoms with van der Waals surface area (Å²) < 4.78 is 6.14. The highest BCUT2D eigenvalue weighted by atomic mass is 79.9. The number of hydrogen-bond acceptors (Lipinski definition) is 6. The Labute approximate surface area is 229 Å². The number of anilines is 2. The Morgan fingerprint density at radius 3 is 2.55 bits per heavy atom. The Morgan fingerprint density at radius 1 is 0.921 bits per heavy atom. The third-order valence-electron chi connectivity index (χ3n) is 5.94. The van der Waals surface area contributed by atoms with Gasteiger partial charge in [-0.2, -0.15) is 0 Å². The van der Waals surface area contributed by atoms with Crippen molar-refractivity contribution in [2.45, 2.75) is 19.9 Å². The molecule has 38 heavy (non-hydrogen) atoms. The summed E-state index contributed by atoms with van der Waals surface area (Å²) in [6.45, 7) is 3.02. The number of pyridine rings is 1. The number of fused-ring (bicyclic) bond motifs is 1. The van der Waals surface area contributed by atoms with E-state index in [2.05, 4.69) is 60.5 Å². The normalized spacial score (nSPS) is 10.8. The minimum atomic E-state index is -0.428. The minimum absolute atomic E-state index is 0.262. The first kappa shape index (κ1) is 25.4. The molecule has 5 aromatic rings. The van der Waals surface area contributed by atoms with Crippen LogP contribution in [-0.4, -0.2) is 32.5 Å². The van der Waals surface area contributed by atoms with Crippen LogP contribution in [0, 0.1) is 0 Å². The Hall–Kier alpha value is -4.30. The lowest BCUT2D eigenvalue weighted by molar-refractivity contribution is 0.147. The SMILES string of the molecule is CCCN(Cc1cccc(-c2ccc3ncnc(Nc4ccccc4)c3c2)c1)C(=O)Oc1cccc(Br)n1. The molecule has 0 saturated carbocycles. The van der Waals surface area contributed by atoms with Crippen molar-refractivity contribution in [1.29, 1.82) is 0 Å². The molecule has 1 amide bonds. The van der Waals surface area contributed by atoms with E-state index >= 15 is 0 Å². The molecule has 0 aliphatic rings. The number of hydrogen-bond donors (Lipinski definition) is 1. The molecule has 2 aromatic heterocycles. The van der Waals surface area contributed by atoms with E-state index in [1.807, 2.05) is 55.5 Å². The highest BCUT2D eigenvalue weighted by Crippen LogP contribution is 2.29. The van der Waals surface area contributed by atoms with Gasteiger partial charge in [0, 0.05) is 30.2 Å². The van der Waals surface area contributed by atoms with Crippen molar-refractivity contribution in [2.24, 2.45) is 0 Å². The number of carbonyl (C=O) groups is 1. The van der Waals surface area contributed by atoms with Gasteiger partial charge in [0.15, 0.2) is 0 Å². The number of benzene rings is 3. The summed E-state index contributed by atoms with van der Waals surface area (Å²) >= 11 is 3.31. The van der Waals surface area contributed by atoms with Crippen molar-refractivity contribution >= 4 is 44.4 Å². The molecule has 0 atom stereocenters. The maximum absolute atomic E-state index is 12.9. The van der Waals surface area contributed by atoms with Crippen molar-refractivity contribution in [3.05, 3.63) is 107 Å². The van der Waals surface area contributed by atoms with Crippen LogP contribution in [0.1, 0.15) is 18.9 Å². The topological polar surface area (TPSA) is 80.2 Å². The molecule has 2 heterocycles. The smallest absolute Gasteiger partial charge is 0.391 e.